The van der Waals surface area contributed by atoms with Crippen molar-refractivity contribution < 1.29 is 9.21 Å². The molecule has 1 fully saturated rings. The molecule has 0 aromatic carbocycles. The first-order chi connectivity index (χ1) is 10.6. The number of nitrogens with one attached hydrogen (secondary N) is 1. The van der Waals surface area contributed by atoms with Gasteiger partial charge >= 0.3 is 0 Å². The van der Waals surface area contributed by atoms with Gasteiger partial charge in [0.1, 0.15) is 0 Å². The van der Waals surface area contributed by atoms with Crippen molar-refractivity contribution in [3.8, 4) is 0 Å². The molecular weight excluding hydrogens is 407 g/mol. The predicted molar refractivity (Wildman–Crippen MR) is 102 cm³/mol. The second-order valence-corrected chi connectivity index (χ2v) is 5.95. The van der Waals surface area contributed by atoms with Crippen LogP contribution in [0.25, 0.3) is 0 Å². The van der Waals surface area contributed by atoms with Crippen molar-refractivity contribution in [1.29, 1.82) is 0 Å². The van der Waals surface area contributed by atoms with Crippen molar-refractivity contribution >= 4 is 35.8 Å². The number of furan rings is 1. The van der Waals surface area contributed by atoms with E-state index in [2.05, 4.69) is 22.1 Å². The molecule has 0 radical (unpaired) electrons. The lowest BCUT2D eigenvalue weighted by Crippen LogP contribution is -2.42. The second-order valence-electron chi connectivity index (χ2n) is 5.95. The number of rotatable bonds is 5. The molecule has 23 heavy (non-hydrogen) atoms. The highest BCUT2D eigenvalue weighted by Gasteiger charge is 2.16. The summed E-state index contributed by atoms with van der Waals surface area (Å²) >= 11 is 0. The summed E-state index contributed by atoms with van der Waals surface area (Å²) in [4.78, 5) is 18.4. The fraction of sp³-hybridized carbons (Fsp3) is 0.625. The van der Waals surface area contributed by atoms with Crippen LogP contribution < -0.4 is 11.1 Å². The monoisotopic (exact) mass is 434 g/mol. The molecule has 0 aliphatic carbocycles. The van der Waals surface area contributed by atoms with Gasteiger partial charge in [0.2, 0.25) is 0 Å². The van der Waals surface area contributed by atoms with Gasteiger partial charge in [-0.3, -0.25) is 9.79 Å². The summed E-state index contributed by atoms with van der Waals surface area (Å²) in [7, 11) is 0. The van der Waals surface area contributed by atoms with Crippen LogP contribution in [0.4, 0.5) is 0 Å². The number of amides is 1. The molecule has 1 aromatic heterocycles. The molecule has 2 rings (SSSR count). The number of nitrogens with two attached hydrogens (primary N) is 1. The Morgan fingerprint density at radius 1 is 1.48 bits per heavy atom. The molecule has 0 unspecified atom stereocenters. The van der Waals surface area contributed by atoms with Crippen LogP contribution in [-0.2, 0) is 0 Å². The zero-order chi connectivity index (χ0) is 15.9. The molecule has 1 amide bonds. The molecule has 1 aliphatic rings. The van der Waals surface area contributed by atoms with Crippen LogP contribution in [0, 0.1) is 12.8 Å². The van der Waals surface area contributed by atoms with Gasteiger partial charge in [0.25, 0.3) is 5.91 Å². The summed E-state index contributed by atoms with van der Waals surface area (Å²) in [5, 5.41) is 2.83. The lowest BCUT2D eigenvalue weighted by atomic mass is 10.00. The number of piperidine rings is 1. The van der Waals surface area contributed by atoms with E-state index in [0.717, 1.165) is 31.0 Å². The molecule has 0 atom stereocenters. The van der Waals surface area contributed by atoms with Gasteiger partial charge in [-0.15, -0.1) is 24.0 Å². The van der Waals surface area contributed by atoms with Crippen molar-refractivity contribution in [2.75, 3.05) is 26.2 Å². The van der Waals surface area contributed by atoms with E-state index in [9.17, 15) is 4.79 Å². The molecule has 0 bridgehead atoms. The Morgan fingerprint density at radius 2 is 2.17 bits per heavy atom. The topological polar surface area (TPSA) is 83.9 Å². The Kier molecular flexibility index (Phi) is 8.43. The zero-order valence-corrected chi connectivity index (χ0v) is 16.2. The molecule has 6 nitrogen and oxygen atoms in total. The molecule has 2 heterocycles. The summed E-state index contributed by atoms with van der Waals surface area (Å²) in [6, 6.07) is 1.78. The number of nitrogens with zero attached hydrogens (tertiary/aromatic N) is 2. The molecule has 1 saturated heterocycles. The zero-order valence-electron chi connectivity index (χ0n) is 13.9. The lowest BCUT2D eigenvalue weighted by molar-refractivity contribution is 0.0925. The van der Waals surface area contributed by atoms with Crippen molar-refractivity contribution in [2.45, 2.75) is 33.1 Å². The van der Waals surface area contributed by atoms with E-state index < -0.39 is 0 Å². The fourth-order valence-corrected chi connectivity index (χ4v) is 2.50. The summed E-state index contributed by atoms with van der Waals surface area (Å²) in [5.41, 5.74) is 6.85. The Balaban J connectivity index is 0.00000264. The van der Waals surface area contributed by atoms with E-state index in [1.165, 1.54) is 19.1 Å². The average molecular weight is 434 g/mol. The maximum absolute atomic E-state index is 11.8. The van der Waals surface area contributed by atoms with Crippen molar-refractivity contribution in [3.63, 3.8) is 0 Å². The van der Waals surface area contributed by atoms with Crippen molar-refractivity contribution in [1.82, 2.24) is 10.2 Å². The van der Waals surface area contributed by atoms with Crippen LogP contribution in [0.1, 0.15) is 42.3 Å². The Labute approximate surface area is 154 Å². The Morgan fingerprint density at radius 3 is 2.78 bits per heavy atom. The van der Waals surface area contributed by atoms with Gasteiger partial charge in [0, 0.05) is 31.7 Å². The Hall–Kier alpha value is -1.25. The quantitative estimate of drug-likeness (QED) is 0.323. The highest BCUT2D eigenvalue weighted by molar-refractivity contribution is 14.0. The van der Waals surface area contributed by atoms with Crippen molar-refractivity contribution in [2.24, 2.45) is 16.6 Å². The normalized spacial score (nSPS) is 16.1. The predicted octanol–water partition coefficient (Wildman–Crippen LogP) is 2.37. The van der Waals surface area contributed by atoms with Gasteiger partial charge < -0.3 is 20.4 Å². The maximum Gasteiger partial charge on any atom is 0.287 e. The van der Waals surface area contributed by atoms with Gasteiger partial charge in [-0.25, -0.2) is 0 Å². The minimum Gasteiger partial charge on any atom is -0.459 e. The van der Waals surface area contributed by atoms with Crippen LogP contribution in [-0.4, -0.2) is 42.9 Å². The van der Waals surface area contributed by atoms with Crippen LogP contribution >= 0.6 is 24.0 Å². The third kappa shape index (κ3) is 6.04. The second kappa shape index (κ2) is 9.79. The van der Waals surface area contributed by atoms with E-state index in [4.69, 9.17) is 10.2 Å². The summed E-state index contributed by atoms with van der Waals surface area (Å²) < 4.78 is 5.14. The first-order valence-electron chi connectivity index (χ1n) is 7.95. The number of hydrogen-bond donors (Lipinski definition) is 2. The fourth-order valence-electron chi connectivity index (χ4n) is 2.50. The van der Waals surface area contributed by atoms with Gasteiger partial charge in [-0.2, -0.15) is 0 Å². The molecule has 0 spiro atoms. The number of carbonyl (C=O) groups is 1. The van der Waals surface area contributed by atoms with Gasteiger partial charge in [-0.05, 0) is 38.2 Å². The van der Waals surface area contributed by atoms with Crippen molar-refractivity contribution in [3.05, 3.63) is 23.7 Å². The smallest absolute Gasteiger partial charge is 0.287 e. The minimum absolute atomic E-state index is 0. The molecule has 1 aromatic rings. The van der Waals surface area contributed by atoms with Gasteiger partial charge in [0.15, 0.2) is 11.7 Å². The molecule has 7 heteroatoms. The minimum atomic E-state index is -0.176. The van der Waals surface area contributed by atoms with Crippen LogP contribution in [0.3, 0.4) is 0 Å². The highest BCUT2D eigenvalue weighted by atomic mass is 127. The van der Waals surface area contributed by atoms with Crippen LogP contribution in [0.15, 0.2) is 21.7 Å². The molecule has 0 saturated carbocycles. The number of carbonyl (C=O) groups excluding carboxylic acids is 1. The van der Waals surface area contributed by atoms with Gasteiger partial charge in [-0.1, -0.05) is 6.92 Å². The lowest BCUT2D eigenvalue weighted by Gasteiger charge is -2.31. The number of aryl methyl sites for hydroxylation is 1. The van der Waals surface area contributed by atoms with E-state index in [0.29, 0.717) is 24.8 Å². The highest BCUT2D eigenvalue weighted by Crippen LogP contribution is 2.15. The van der Waals surface area contributed by atoms with E-state index in [1.807, 2.05) is 6.92 Å². The average Bonchev–Trinajstić information content (AvgIpc) is 2.93. The van der Waals surface area contributed by atoms with E-state index in [-0.39, 0.29) is 29.9 Å². The first kappa shape index (κ1) is 19.8. The number of likely N-dealkylation sites (tertiary alicyclic amines) is 1. The number of halogens is 1. The molecule has 1 aliphatic heterocycles. The number of hydrogen-bond acceptors (Lipinski definition) is 3. The van der Waals surface area contributed by atoms with Crippen LogP contribution in [0.5, 0.6) is 0 Å². The van der Waals surface area contributed by atoms with E-state index in [1.54, 1.807) is 6.07 Å². The first-order valence-corrected chi connectivity index (χ1v) is 7.95. The van der Waals surface area contributed by atoms with Crippen LogP contribution in [0.2, 0.25) is 0 Å². The standard InChI is InChI=1S/C16H26N4O2.HI/c1-12-4-9-20(10-5-12)16(17)19-8-3-7-18-15(21)14-13(2)6-11-22-14;/h6,11-12H,3-5,7-10H2,1-2H3,(H2,17,19)(H,18,21);1H. The SMILES string of the molecule is Cc1ccoc1C(=O)NCCCN=C(N)N1CCC(C)CC1.I. The number of aliphatic imine (C=N–C) groups is 1. The van der Waals surface area contributed by atoms with Gasteiger partial charge in [0.05, 0.1) is 6.26 Å². The summed E-state index contributed by atoms with van der Waals surface area (Å²) in [6.45, 7) is 7.29. The summed E-state index contributed by atoms with van der Waals surface area (Å²) in [5.74, 6) is 1.61. The number of guanidine groups is 1. The maximum atomic E-state index is 11.8. The third-order valence-electron chi connectivity index (χ3n) is 4.07. The molecule has 130 valence electrons. The summed E-state index contributed by atoms with van der Waals surface area (Å²) in [6.07, 6.45) is 4.63. The Bertz CT molecular complexity index is 522. The molecule has 3 N–H and O–H groups in total. The van der Waals surface area contributed by atoms with E-state index >= 15 is 0 Å². The largest absolute Gasteiger partial charge is 0.459 e. The third-order valence-corrected chi connectivity index (χ3v) is 4.07. The molecular formula is C16H27IN4O2.